The first-order valence-corrected chi connectivity index (χ1v) is 5.21. The molecule has 0 fully saturated rings. The number of rotatable bonds is 3. The molecule has 0 aliphatic rings. The van der Waals surface area contributed by atoms with Crippen LogP contribution in [0.1, 0.15) is 24.2 Å². The Morgan fingerprint density at radius 3 is 2.47 bits per heavy atom. The summed E-state index contributed by atoms with van der Waals surface area (Å²) in [7, 11) is 1.52. The van der Waals surface area contributed by atoms with Crippen LogP contribution in [0.25, 0.3) is 0 Å². The number of amides is 1. The highest BCUT2D eigenvalue weighted by Gasteiger charge is 2.22. The van der Waals surface area contributed by atoms with E-state index in [2.05, 4.69) is 0 Å². The predicted octanol–water partition coefficient (Wildman–Crippen LogP) is 0.941. The molecule has 17 heavy (non-hydrogen) atoms. The van der Waals surface area contributed by atoms with E-state index in [-0.39, 0.29) is 17.9 Å². The Morgan fingerprint density at radius 1 is 1.35 bits per heavy atom. The van der Waals surface area contributed by atoms with Gasteiger partial charge in [-0.15, -0.1) is 0 Å². The quantitative estimate of drug-likeness (QED) is 0.686. The fourth-order valence-electron chi connectivity index (χ4n) is 1.56. The molecule has 0 atom stereocenters. The molecule has 0 aromatic heterocycles. The van der Waals surface area contributed by atoms with Crippen molar-refractivity contribution in [3.63, 3.8) is 0 Å². The molecule has 3 N–H and O–H groups in total. The Balaban J connectivity index is 2.93. The minimum Gasteiger partial charge on any atom is -0.504 e. The topological polar surface area (TPSA) is 81.0 Å². The number of aromatic hydroxyl groups is 2. The molecule has 1 amide bonds. The number of phenols is 2. The summed E-state index contributed by atoms with van der Waals surface area (Å²) in [5.41, 5.74) is -1.01. The summed E-state index contributed by atoms with van der Waals surface area (Å²) in [6.07, 6.45) is 0. The van der Waals surface area contributed by atoms with Crippen LogP contribution in [0.3, 0.4) is 0 Å². The molecule has 0 bridgehead atoms. The van der Waals surface area contributed by atoms with Crippen molar-refractivity contribution in [1.29, 1.82) is 0 Å². The van der Waals surface area contributed by atoms with Crippen LogP contribution in [0.2, 0.25) is 0 Å². The van der Waals surface area contributed by atoms with E-state index in [0.717, 1.165) is 0 Å². The van der Waals surface area contributed by atoms with Crippen LogP contribution in [0, 0.1) is 0 Å². The first-order valence-electron chi connectivity index (χ1n) is 5.21. The van der Waals surface area contributed by atoms with Crippen molar-refractivity contribution < 1.29 is 20.1 Å². The van der Waals surface area contributed by atoms with Crippen LogP contribution in [0.15, 0.2) is 18.2 Å². The van der Waals surface area contributed by atoms with Crippen LogP contribution >= 0.6 is 0 Å². The molecule has 0 aliphatic heterocycles. The third kappa shape index (κ3) is 3.35. The average molecular weight is 239 g/mol. The largest absolute Gasteiger partial charge is 0.504 e. The smallest absolute Gasteiger partial charge is 0.257 e. The lowest BCUT2D eigenvalue weighted by Gasteiger charge is -2.25. The molecule has 0 saturated heterocycles. The number of nitrogens with zero attached hydrogens (tertiary/aromatic N) is 1. The predicted molar refractivity (Wildman–Crippen MR) is 63.0 cm³/mol. The fourth-order valence-corrected chi connectivity index (χ4v) is 1.56. The molecule has 1 aromatic carbocycles. The third-order valence-electron chi connectivity index (χ3n) is 2.22. The normalized spacial score (nSPS) is 11.3. The van der Waals surface area contributed by atoms with Gasteiger partial charge in [0.2, 0.25) is 0 Å². The second-order valence-corrected chi connectivity index (χ2v) is 4.65. The molecule has 0 radical (unpaired) electrons. The van der Waals surface area contributed by atoms with Crippen LogP contribution in [-0.4, -0.2) is 45.3 Å². The zero-order valence-electron chi connectivity index (χ0n) is 10.1. The lowest BCUT2D eigenvalue weighted by Crippen LogP contribution is -2.39. The molecule has 0 unspecified atom stereocenters. The van der Waals surface area contributed by atoms with Crippen molar-refractivity contribution in [3.05, 3.63) is 23.8 Å². The number of hydrogen-bond donors (Lipinski definition) is 3. The number of aliphatic hydroxyl groups is 1. The lowest BCUT2D eigenvalue weighted by molar-refractivity contribution is 0.0366. The van der Waals surface area contributed by atoms with Gasteiger partial charge in [-0.25, -0.2) is 0 Å². The van der Waals surface area contributed by atoms with E-state index in [9.17, 15) is 20.1 Å². The number of likely N-dealkylation sites (N-methyl/N-ethyl adjacent to an activating group) is 1. The van der Waals surface area contributed by atoms with E-state index >= 15 is 0 Å². The number of phenolic OH excluding ortho intramolecular Hbond substituents is 2. The van der Waals surface area contributed by atoms with E-state index in [4.69, 9.17) is 0 Å². The minimum atomic E-state index is -1.02. The highest BCUT2D eigenvalue weighted by molar-refractivity contribution is 5.97. The summed E-state index contributed by atoms with van der Waals surface area (Å²) < 4.78 is 0. The molecule has 94 valence electrons. The number of carbonyl (C=O) groups excluding carboxylic acids is 1. The van der Waals surface area contributed by atoms with Gasteiger partial charge in [0, 0.05) is 13.6 Å². The first-order chi connectivity index (χ1) is 7.72. The molecule has 1 aromatic rings. The third-order valence-corrected chi connectivity index (χ3v) is 2.22. The summed E-state index contributed by atoms with van der Waals surface area (Å²) in [6, 6.07) is 4.18. The molecule has 0 heterocycles. The van der Waals surface area contributed by atoms with E-state index in [0.29, 0.717) is 0 Å². The zero-order valence-corrected chi connectivity index (χ0v) is 10.1. The Morgan fingerprint density at radius 2 is 1.94 bits per heavy atom. The maximum absolute atomic E-state index is 11.9. The van der Waals surface area contributed by atoms with Gasteiger partial charge in [-0.05, 0) is 26.0 Å². The van der Waals surface area contributed by atoms with Crippen LogP contribution in [0.4, 0.5) is 0 Å². The maximum atomic E-state index is 11.9. The summed E-state index contributed by atoms with van der Waals surface area (Å²) in [4.78, 5) is 13.2. The van der Waals surface area contributed by atoms with Crippen molar-refractivity contribution in [2.45, 2.75) is 19.4 Å². The monoisotopic (exact) mass is 239 g/mol. The molecular formula is C12H17NO4. The average Bonchev–Trinajstić information content (AvgIpc) is 2.18. The fraction of sp³-hybridized carbons (Fsp3) is 0.417. The molecule has 0 aliphatic carbocycles. The highest BCUT2D eigenvalue weighted by atomic mass is 16.3. The Labute approximate surface area is 99.9 Å². The summed E-state index contributed by atoms with van der Waals surface area (Å²) >= 11 is 0. The summed E-state index contributed by atoms with van der Waals surface area (Å²) in [5.74, 6) is -1.24. The second-order valence-electron chi connectivity index (χ2n) is 4.65. The lowest BCUT2D eigenvalue weighted by atomic mass is 10.1. The van der Waals surface area contributed by atoms with E-state index < -0.39 is 17.3 Å². The van der Waals surface area contributed by atoms with Crippen LogP contribution in [-0.2, 0) is 0 Å². The van der Waals surface area contributed by atoms with Crippen molar-refractivity contribution in [3.8, 4) is 11.5 Å². The van der Waals surface area contributed by atoms with Crippen molar-refractivity contribution in [1.82, 2.24) is 4.90 Å². The standard InChI is InChI=1S/C12H17NO4/c1-12(2,17)7-13(3)11(16)8-5-4-6-9(14)10(8)15/h4-6,14-15,17H,7H2,1-3H3. The van der Waals surface area contributed by atoms with Gasteiger partial charge in [-0.3, -0.25) is 4.79 Å². The highest BCUT2D eigenvalue weighted by Crippen LogP contribution is 2.29. The number of hydrogen-bond acceptors (Lipinski definition) is 4. The van der Waals surface area contributed by atoms with Crippen molar-refractivity contribution in [2.75, 3.05) is 13.6 Å². The second kappa shape index (κ2) is 4.63. The zero-order chi connectivity index (χ0) is 13.2. The number of carbonyl (C=O) groups is 1. The van der Waals surface area contributed by atoms with E-state index in [1.807, 2.05) is 0 Å². The maximum Gasteiger partial charge on any atom is 0.257 e. The minimum absolute atomic E-state index is 0.0109. The van der Waals surface area contributed by atoms with Gasteiger partial charge in [-0.2, -0.15) is 0 Å². The van der Waals surface area contributed by atoms with Gasteiger partial charge in [0.05, 0.1) is 11.2 Å². The van der Waals surface area contributed by atoms with Gasteiger partial charge in [0.25, 0.3) is 5.91 Å². The van der Waals surface area contributed by atoms with Crippen molar-refractivity contribution in [2.24, 2.45) is 0 Å². The van der Waals surface area contributed by atoms with Gasteiger partial charge in [0.15, 0.2) is 11.5 Å². The van der Waals surface area contributed by atoms with E-state index in [1.54, 1.807) is 13.8 Å². The summed E-state index contributed by atoms with van der Waals surface area (Å²) in [5, 5.41) is 28.5. The molecular weight excluding hydrogens is 222 g/mol. The SMILES string of the molecule is CN(CC(C)(C)O)C(=O)c1cccc(O)c1O. The molecule has 0 spiro atoms. The van der Waals surface area contributed by atoms with E-state index in [1.165, 1.54) is 30.1 Å². The molecule has 0 saturated carbocycles. The molecule has 5 heteroatoms. The number of para-hydroxylation sites is 1. The van der Waals surface area contributed by atoms with Gasteiger partial charge in [0.1, 0.15) is 0 Å². The molecule has 5 nitrogen and oxygen atoms in total. The van der Waals surface area contributed by atoms with Gasteiger partial charge < -0.3 is 20.2 Å². The van der Waals surface area contributed by atoms with Gasteiger partial charge >= 0.3 is 0 Å². The van der Waals surface area contributed by atoms with Crippen LogP contribution in [0.5, 0.6) is 11.5 Å². The van der Waals surface area contributed by atoms with Crippen LogP contribution < -0.4 is 0 Å². The first kappa shape index (κ1) is 13.3. The Bertz CT molecular complexity index is 423. The van der Waals surface area contributed by atoms with Crippen molar-refractivity contribution >= 4 is 5.91 Å². The Hall–Kier alpha value is -1.75. The Kier molecular flexibility index (Phi) is 3.63. The summed E-state index contributed by atoms with van der Waals surface area (Å²) in [6.45, 7) is 3.29. The number of benzene rings is 1. The molecule has 1 rings (SSSR count). The van der Waals surface area contributed by atoms with Gasteiger partial charge in [-0.1, -0.05) is 6.07 Å².